The number of nitrogens with zero attached hydrogens (tertiary/aromatic N) is 1. The Balaban J connectivity index is 2.01. The molecule has 1 aromatic heterocycles. The van der Waals surface area contributed by atoms with Crippen molar-refractivity contribution in [2.45, 2.75) is 26.9 Å². The monoisotopic (exact) mass is 354 g/mol. The first-order chi connectivity index (χ1) is 10.1. The normalized spacial score (nSPS) is 10.7. The van der Waals surface area contributed by atoms with Crippen molar-refractivity contribution >= 4 is 15.9 Å². The molecule has 0 amide bonds. The molecule has 2 rings (SSSR count). The van der Waals surface area contributed by atoms with Gasteiger partial charge >= 0.3 is 0 Å². The molecule has 1 N–H and O–H groups in total. The lowest BCUT2D eigenvalue weighted by Gasteiger charge is -2.13. The van der Waals surface area contributed by atoms with Crippen molar-refractivity contribution < 1.29 is 14.0 Å². The SMILES string of the molecule is CCOc1c(Br)cc(CNCc2cc(C)no2)cc1OC. The summed E-state index contributed by atoms with van der Waals surface area (Å²) in [5.41, 5.74) is 1.98. The van der Waals surface area contributed by atoms with Crippen molar-refractivity contribution in [2.75, 3.05) is 13.7 Å². The number of hydrogen-bond acceptors (Lipinski definition) is 5. The summed E-state index contributed by atoms with van der Waals surface area (Å²) in [5.74, 6) is 2.28. The summed E-state index contributed by atoms with van der Waals surface area (Å²) in [7, 11) is 1.64. The number of benzene rings is 1. The second-order valence-corrected chi connectivity index (χ2v) is 5.43. The van der Waals surface area contributed by atoms with Gasteiger partial charge in [0.05, 0.1) is 30.4 Å². The smallest absolute Gasteiger partial charge is 0.175 e. The van der Waals surface area contributed by atoms with Crippen LogP contribution >= 0.6 is 15.9 Å². The van der Waals surface area contributed by atoms with Crippen molar-refractivity contribution in [1.82, 2.24) is 10.5 Å². The maximum absolute atomic E-state index is 5.57. The van der Waals surface area contributed by atoms with Crippen molar-refractivity contribution in [3.63, 3.8) is 0 Å². The van der Waals surface area contributed by atoms with Crippen LogP contribution in [0.5, 0.6) is 11.5 Å². The number of aryl methyl sites for hydroxylation is 1. The number of halogens is 1. The Hall–Kier alpha value is -1.53. The molecule has 0 aliphatic rings. The fourth-order valence-electron chi connectivity index (χ4n) is 1.99. The van der Waals surface area contributed by atoms with Gasteiger partial charge in [-0.15, -0.1) is 0 Å². The maximum atomic E-state index is 5.57. The summed E-state index contributed by atoms with van der Waals surface area (Å²) in [4.78, 5) is 0. The number of rotatable bonds is 7. The zero-order valence-corrected chi connectivity index (χ0v) is 14.0. The molecule has 0 fully saturated rings. The van der Waals surface area contributed by atoms with Crippen molar-refractivity contribution in [3.8, 4) is 11.5 Å². The Labute approximate surface area is 132 Å². The fraction of sp³-hybridized carbons (Fsp3) is 0.400. The van der Waals surface area contributed by atoms with Gasteiger partial charge in [-0.05, 0) is 47.5 Å². The zero-order valence-electron chi connectivity index (χ0n) is 12.4. The predicted molar refractivity (Wildman–Crippen MR) is 83.6 cm³/mol. The molecular formula is C15H19BrN2O3. The molecule has 6 heteroatoms. The Kier molecular flexibility index (Phi) is 5.64. The highest BCUT2D eigenvalue weighted by atomic mass is 79.9. The molecule has 0 saturated carbocycles. The van der Waals surface area contributed by atoms with Gasteiger partial charge in [-0.25, -0.2) is 0 Å². The number of nitrogens with one attached hydrogen (secondary N) is 1. The van der Waals surface area contributed by atoms with Crippen LogP contribution in [-0.2, 0) is 13.1 Å². The van der Waals surface area contributed by atoms with Crippen molar-refractivity contribution in [1.29, 1.82) is 0 Å². The largest absolute Gasteiger partial charge is 0.493 e. The third kappa shape index (κ3) is 4.22. The van der Waals surface area contributed by atoms with E-state index in [2.05, 4.69) is 26.4 Å². The van der Waals surface area contributed by atoms with Gasteiger partial charge in [0.2, 0.25) is 0 Å². The van der Waals surface area contributed by atoms with Crippen LogP contribution < -0.4 is 14.8 Å². The van der Waals surface area contributed by atoms with E-state index in [4.69, 9.17) is 14.0 Å². The highest BCUT2D eigenvalue weighted by Gasteiger charge is 2.11. The molecule has 0 spiro atoms. The average molecular weight is 355 g/mol. The Morgan fingerprint density at radius 3 is 2.71 bits per heavy atom. The van der Waals surface area contributed by atoms with E-state index in [0.29, 0.717) is 19.7 Å². The van der Waals surface area contributed by atoms with E-state index in [1.165, 1.54) is 0 Å². The van der Waals surface area contributed by atoms with Crippen LogP contribution in [0.3, 0.4) is 0 Å². The molecule has 0 atom stereocenters. The van der Waals surface area contributed by atoms with Gasteiger partial charge in [0.15, 0.2) is 17.3 Å². The zero-order chi connectivity index (χ0) is 15.2. The molecule has 0 bridgehead atoms. The summed E-state index contributed by atoms with van der Waals surface area (Å²) < 4.78 is 17.0. The second-order valence-electron chi connectivity index (χ2n) is 4.58. The minimum atomic E-state index is 0.595. The first-order valence-electron chi connectivity index (χ1n) is 6.76. The van der Waals surface area contributed by atoms with Crippen LogP contribution in [0.2, 0.25) is 0 Å². The van der Waals surface area contributed by atoms with Crippen LogP contribution in [0.25, 0.3) is 0 Å². The molecule has 114 valence electrons. The van der Waals surface area contributed by atoms with Gasteiger partial charge in [0.25, 0.3) is 0 Å². The van der Waals surface area contributed by atoms with E-state index in [1.54, 1.807) is 7.11 Å². The lowest BCUT2D eigenvalue weighted by molar-refractivity contribution is 0.308. The molecule has 5 nitrogen and oxygen atoms in total. The Morgan fingerprint density at radius 1 is 1.29 bits per heavy atom. The average Bonchev–Trinajstić information content (AvgIpc) is 2.87. The molecule has 1 heterocycles. The lowest BCUT2D eigenvalue weighted by Crippen LogP contribution is -2.12. The first kappa shape index (κ1) is 15.9. The van der Waals surface area contributed by atoms with Gasteiger partial charge in [-0.2, -0.15) is 0 Å². The van der Waals surface area contributed by atoms with Gasteiger partial charge < -0.3 is 19.3 Å². The van der Waals surface area contributed by atoms with E-state index in [9.17, 15) is 0 Å². The minimum absolute atomic E-state index is 0.595. The summed E-state index contributed by atoms with van der Waals surface area (Å²) >= 11 is 3.52. The summed E-state index contributed by atoms with van der Waals surface area (Å²) in [6.07, 6.45) is 0. The first-order valence-corrected chi connectivity index (χ1v) is 7.55. The van der Waals surface area contributed by atoms with E-state index < -0.39 is 0 Å². The van der Waals surface area contributed by atoms with E-state index in [-0.39, 0.29) is 0 Å². The Bertz CT molecular complexity index is 599. The molecule has 0 saturated heterocycles. The van der Waals surface area contributed by atoms with Gasteiger partial charge in [0.1, 0.15) is 0 Å². The van der Waals surface area contributed by atoms with Crippen molar-refractivity contribution in [2.24, 2.45) is 0 Å². The summed E-state index contributed by atoms with van der Waals surface area (Å²) in [6, 6.07) is 5.90. The summed E-state index contributed by atoms with van der Waals surface area (Å²) in [5, 5.41) is 7.17. The Morgan fingerprint density at radius 2 is 2.10 bits per heavy atom. The van der Waals surface area contributed by atoms with Crippen LogP contribution in [0.4, 0.5) is 0 Å². The molecule has 0 unspecified atom stereocenters. The van der Waals surface area contributed by atoms with Crippen LogP contribution in [0.1, 0.15) is 23.9 Å². The molecule has 0 aliphatic heterocycles. The van der Waals surface area contributed by atoms with Gasteiger partial charge in [0, 0.05) is 12.6 Å². The van der Waals surface area contributed by atoms with Gasteiger partial charge in [-0.3, -0.25) is 0 Å². The van der Waals surface area contributed by atoms with E-state index in [0.717, 1.165) is 33.0 Å². The maximum Gasteiger partial charge on any atom is 0.175 e. The number of hydrogen-bond donors (Lipinski definition) is 1. The number of methoxy groups -OCH3 is 1. The topological polar surface area (TPSA) is 56.5 Å². The number of ether oxygens (including phenoxy) is 2. The fourth-order valence-corrected chi connectivity index (χ4v) is 2.59. The quantitative estimate of drug-likeness (QED) is 0.825. The molecule has 0 radical (unpaired) electrons. The molecule has 0 aliphatic carbocycles. The van der Waals surface area contributed by atoms with E-state index in [1.807, 2.05) is 32.0 Å². The molecule has 2 aromatic rings. The van der Waals surface area contributed by atoms with Crippen LogP contribution in [0.15, 0.2) is 27.2 Å². The van der Waals surface area contributed by atoms with Crippen LogP contribution in [0, 0.1) is 6.92 Å². The molecule has 21 heavy (non-hydrogen) atoms. The summed E-state index contributed by atoms with van der Waals surface area (Å²) in [6.45, 7) is 5.77. The van der Waals surface area contributed by atoms with Gasteiger partial charge in [-0.1, -0.05) is 5.16 Å². The predicted octanol–water partition coefficient (Wildman–Crippen LogP) is 3.44. The molecular weight excluding hydrogens is 336 g/mol. The lowest BCUT2D eigenvalue weighted by atomic mass is 10.2. The second kappa shape index (κ2) is 7.47. The standard InChI is InChI=1S/C15H19BrN2O3/c1-4-20-15-13(16)6-11(7-14(15)19-3)8-17-9-12-5-10(2)18-21-12/h5-7,17H,4,8-9H2,1-3H3. The highest BCUT2D eigenvalue weighted by Crippen LogP contribution is 2.36. The van der Waals surface area contributed by atoms with E-state index >= 15 is 0 Å². The number of aromatic nitrogens is 1. The van der Waals surface area contributed by atoms with Crippen LogP contribution in [-0.4, -0.2) is 18.9 Å². The van der Waals surface area contributed by atoms with Crippen molar-refractivity contribution in [3.05, 3.63) is 39.7 Å². The highest BCUT2D eigenvalue weighted by molar-refractivity contribution is 9.10. The third-order valence-corrected chi connectivity index (χ3v) is 3.47. The third-order valence-electron chi connectivity index (χ3n) is 2.88. The molecule has 1 aromatic carbocycles. The minimum Gasteiger partial charge on any atom is -0.493 e.